The summed E-state index contributed by atoms with van der Waals surface area (Å²) < 4.78 is 16.3. The molecule has 1 unspecified atom stereocenters. The molecule has 0 aliphatic rings. The minimum Gasteiger partial charge on any atom is -0.328 e. The summed E-state index contributed by atoms with van der Waals surface area (Å²) in [7, 11) is 0. The van der Waals surface area contributed by atoms with E-state index in [0.717, 1.165) is 29.8 Å². The van der Waals surface area contributed by atoms with Crippen molar-refractivity contribution in [2.24, 2.45) is 5.92 Å². The van der Waals surface area contributed by atoms with Gasteiger partial charge < -0.3 is 4.57 Å². The number of aryl methyl sites for hydroxylation is 1. The number of rotatable bonds is 5. The number of hydrogen-bond acceptors (Lipinski definition) is 1. The van der Waals surface area contributed by atoms with Gasteiger partial charge in [-0.25, -0.2) is 9.37 Å². The minimum atomic E-state index is -0.254. The molecule has 5 heteroatoms. The van der Waals surface area contributed by atoms with Crippen LogP contribution in [0.4, 0.5) is 4.39 Å². The van der Waals surface area contributed by atoms with Crippen LogP contribution in [0.1, 0.15) is 26.1 Å². The van der Waals surface area contributed by atoms with Crippen molar-refractivity contribution in [3.63, 3.8) is 0 Å². The monoisotopic (exact) mass is 346 g/mol. The van der Waals surface area contributed by atoms with Crippen LogP contribution in [0.3, 0.4) is 0 Å². The molecule has 0 aliphatic heterocycles. The Labute approximate surface area is 126 Å². The van der Waals surface area contributed by atoms with Crippen LogP contribution < -0.4 is 0 Å². The highest BCUT2D eigenvalue weighted by Crippen LogP contribution is 2.25. The number of alkyl halides is 1. The molecule has 0 saturated heterocycles. The highest BCUT2D eigenvalue weighted by Gasteiger charge is 2.14. The second-order valence-corrected chi connectivity index (χ2v) is 6.08. The van der Waals surface area contributed by atoms with Crippen molar-refractivity contribution < 1.29 is 4.39 Å². The van der Waals surface area contributed by atoms with Crippen LogP contribution in [0.5, 0.6) is 0 Å². The molecule has 0 saturated carbocycles. The van der Waals surface area contributed by atoms with Gasteiger partial charge in [0.25, 0.3) is 0 Å². The Morgan fingerprint density at radius 1 is 1.47 bits per heavy atom. The lowest BCUT2D eigenvalue weighted by molar-refractivity contribution is 0.466. The summed E-state index contributed by atoms with van der Waals surface area (Å²) in [6.45, 7) is 5.19. The first-order valence-corrected chi connectivity index (χ1v) is 7.79. The van der Waals surface area contributed by atoms with Crippen LogP contribution in [-0.4, -0.2) is 15.4 Å². The zero-order valence-electron chi connectivity index (χ0n) is 11.1. The molecule has 19 heavy (non-hydrogen) atoms. The van der Waals surface area contributed by atoms with Crippen LogP contribution in [0.15, 0.2) is 16.6 Å². The quantitative estimate of drug-likeness (QED) is 0.713. The van der Waals surface area contributed by atoms with E-state index in [-0.39, 0.29) is 5.82 Å². The van der Waals surface area contributed by atoms with E-state index in [1.807, 2.05) is 0 Å². The SMILES string of the molecule is CCC(C)Cn1c(CCCl)nc2cc(Br)c(F)cc21. The van der Waals surface area contributed by atoms with Crippen LogP contribution in [0.25, 0.3) is 11.0 Å². The lowest BCUT2D eigenvalue weighted by atomic mass is 10.1. The molecule has 2 rings (SSSR count). The van der Waals surface area contributed by atoms with Crippen molar-refractivity contribution >= 4 is 38.6 Å². The van der Waals surface area contributed by atoms with Crippen molar-refractivity contribution in [2.45, 2.75) is 33.2 Å². The van der Waals surface area contributed by atoms with Gasteiger partial charge in [-0.1, -0.05) is 20.3 Å². The van der Waals surface area contributed by atoms with Gasteiger partial charge in [-0.2, -0.15) is 0 Å². The molecule has 104 valence electrons. The van der Waals surface area contributed by atoms with E-state index in [0.29, 0.717) is 22.7 Å². The van der Waals surface area contributed by atoms with Crippen molar-refractivity contribution in [1.29, 1.82) is 0 Å². The smallest absolute Gasteiger partial charge is 0.139 e. The second kappa shape index (κ2) is 6.23. The minimum absolute atomic E-state index is 0.254. The third kappa shape index (κ3) is 3.11. The third-order valence-corrected chi connectivity index (χ3v) is 4.18. The zero-order chi connectivity index (χ0) is 14.0. The summed E-state index contributed by atoms with van der Waals surface area (Å²) in [6, 6.07) is 3.28. The van der Waals surface area contributed by atoms with E-state index < -0.39 is 0 Å². The Kier molecular flexibility index (Phi) is 4.85. The highest BCUT2D eigenvalue weighted by molar-refractivity contribution is 9.10. The Morgan fingerprint density at radius 2 is 2.21 bits per heavy atom. The van der Waals surface area contributed by atoms with Crippen LogP contribution in [0.2, 0.25) is 0 Å². The Bertz CT molecular complexity index is 582. The van der Waals surface area contributed by atoms with E-state index in [4.69, 9.17) is 11.6 Å². The maximum Gasteiger partial charge on any atom is 0.139 e. The number of nitrogens with zero attached hydrogens (tertiary/aromatic N) is 2. The molecule has 1 aromatic heterocycles. The largest absolute Gasteiger partial charge is 0.328 e. The Balaban J connectivity index is 2.55. The maximum atomic E-state index is 13.7. The number of hydrogen-bond donors (Lipinski definition) is 0. The van der Waals surface area contributed by atoms with Gasteiger partial charge in [0.15, 0.2) is 0 Å². The first-order valence-electron chi connectivity index (χ1n) is 6.47. The first kappa shape index (κ1) is 14.8. The van der Waals surface area contributed by atoms with Gasteiger partial charge in [0.1, 0.15) is 11.6 Å². The summed E-state index contributed by atoms with van der Waals surface area (Å²) in [5.41, 5.74) is 1.66. The van der Waals surface area contributed by atoms with Gasteiger partial charge >= 0.3 is 0 Å². The van der Waals surface area contributed by atoms with E-state index in [1.54, 1.807) is 12.1 Å². The van der Waals surface area contributed by atoms with Gasteiger partial charge in [-0.05, 0) is 27.9 Å². The zero-order valence-corrected chi connectivity index (χ0v) is 13.4. The molecule has 0 bridgehead atoms. The molecule has 1 aromatic carbocycles. The van der Waals surface area contributed by atoms with Crippen molar-refractivity contribution in [3.8, 4) is 0 Å². The van der Waals surface area contributed by atoms with E-state index >= 15 is 0 Å². The predicted molar refractivity (Wildman–Crippen MR) is 81.3 cm³/mol. The molecule has 1 atom stereocenters. The number of imidazole rings is 1. The molecule has 0 radical (unpaired) electrons. The standard InChI is InChI=1S/C14H17BrClFN2/c1-3-9(2)8-19-13-7-11(17)10(15)6-12(13)18-14(19)4-5-16/h6-7,9H,3-5,8H2,1-2H3. The van der Waals surface area contributed by atoms with Crippen molar-refractivity contribution in [3.05, 3.63) is 28.2 Å². The average molecular weight is 348 g/mol. The molecular weight excluding hydrogens is 331 g/mol. The number of benzene rings is 1. The van der Waals surface area contributed by atoms with E-state index in [9.17, 15) is 4.39 Å². The van der Waals surface area contributed by atoms with E-state index in [1.165, 1.54) is 0 Å². The highest BCUT2D eigenvalue weighted by atomic mass is 79.9. The maximum absolute atomic E-state index is 13.7. The van der Waals surface area contributed by atoms with E-state index in [2.05, 4.69) is 39.3 Å². The molecule has 0 aliphatic carbocycles. The van der Waals surface area contributed by atoms with Gasteiger partial charge in [0.05, 0.1) is 15.5 Å². The summed E-state index contributed by atoms with van der Waals surface area (Å²) in [6.07, 6.45) is 1.78. The average Bonchev–Trinajstić information content (AvgIpc) is 2.68. The summed E-state index contributed by atoms with van der Waals surface area (Å²) >= 11 is 9.04. The van der Waals surface area contributed by atoms with Gasteiger partial charge in [-0.15, -0.1) is 11.6 Å². The predicted octanol–water partition coefficient (Wildman–Crippen LogP) is 4.77. The Morgan fingerprint density at radius 3 is 2.84 bits per heavy atom. The summed E-state index contributed by atoms with van der Waals surface area (Å²) in [5, 5.41) is 0. The van der Waals surface area contributed by atoms with Crippen molar-refractivity contribution in [1.82, 2.24) is 9.55 Å². The molecule has 0 fully saturated rings. The molecule has 2 nitrogen and oxygen atoms in total. The number of fused-ring (bicyclic) bond motifs is 1. The van der Waals surface area contributed by atoms with Gasteiger partial charge in [0, 0.05) is 24.9 Å². The molecule has 2 aromatic rings. The molecule has 0 spiro atoms. The summed E-state index contributed by atoms with van der Waals surface area (Å²) in [4.78, 5) is 4.57. The normalized spacial score (nSPS) is 13.1. The molecular formula is C14H17BrClFN2. The van der Waals surface area contributed by atoms with Crippen LogP contribution in [-0.2, 0) is 13.0 Å². The van der Waals surface area contributed by atoms with Crippen LogP contribution in [0, 0.1) is 11.7 Å². The van der Waals surface area contributed by atoms with Gasteiger partial charge in [0.2, 0.25) is 0 Å². The van der Waals surface area contributed by atoms with Gasteiger partial charge in [-0.3, -0.25) is 0 Å². The third-order valence-electron chi connectivity index (χ3n) is 3.38. The lowest BCUT2D eigenvalue weighted by Crippen LogP contribution is -2.10. The second-order valence-electron chi connectivity index (χ2n) is 4.85. The molecule has 0 N–H and O–H groups in total. The topological polar surface area (TPSA) is 17.8 Å². The molecule has 1 heterocycles. The lowest BCUT2D eigenvalue weighted by Gasteiger charge is -2.13. The first-order chi connectivity index (χ1) is 9.06. The van der Waals surface area contributed by atoms with Crippen LogP contribution >= 0.6 is 27.5 Å². The fourth-order valence-corrected chi connectivity index (χ4v) is 2.59. The summed E-state index contributed by atoms with van der Waals surface area (Å²) in [5.74, 6) is 1.73. The number of aromatic nitrogens is 2. The Hall–Kier alpha value is -0.610. The number of halogens is 3. The fraction of sp³-hybridized carbons (Fsp3) is 0.500. The molecule has 0 amide bonds. The van der Waals surface area contributed by atoms with Crippen molar-refractivity contribution in [2.75, 3.05) is 5.88 Å². The fourth-order valence-electron chi connectivity index (χ4n) is 2.09.